The van der Waals surface area contributed by atoms with E-state index in [-0.39, 0.29) is 6.04 Å². The van der Waals surface area contributed by atoms with Crippen LogP contribution in [0.3, 0.4) is 0 Å². The second-order valence-electron chi connectivity index (χ2n) is 9.28. The number of rotatable bonds is 8. The van der Waals surface area contributed by atoms with Gasteiger partial charge in [0.1, 0.15) is 6.61 Å². The molecule has 5 heteroatoms. The normalized spacial score (nSPS) is 20.0. The summed E-state index contributed by atoms with van der Waals surface area (Å²) < 4.78 is 12.6. The topological polar surface area (TPSA) is 42.8 Å². The smallest absolute Gasteiger partial charge is 0.174 e. The molecular formula is C31H31IN2O2. The first-order valence-corrected chi connectivity index (χ1v) is 13.5. The van der Waals surface area contributed by atoms with Crippen molar-refractivity contribution in [2.45, 2.75) is 32.2 Å². The van der Waals surface area contributed by atoms with Crippen molar-refractivity contribution >= 4 is 40.2 Å². The number of fused-ring (bicyclic) bond motifs is 3. The third kappa shape index (κ3) is 5.07. The molecule has 4 nitrogen and oxygen atoms in total. The Morgan fingerprint density at radius 1 is 1.11 bits per heavy atom. The first kappa shape index (κ1) is 24.6. The molecular weight excluding hydrogens is 559 g/mol. The fraction of sp³-hybridized carbons (Fsp3) is 0.258. The van der Waals surface area contributed by atoms with Crippen molar-refractivity contribution in [3.63, 3.8) is 0 Å². The van der Waals surface area contributed by atoms with Crippen LogP contribution >= 0.6 is 22.6 Å². The average molecular weight is 591 g/mol. The molecule has 1 N–H and O–H groups in total. The molecule has 184 valence electrons. The highest BCUT2D eigenvalue weighted by molar-refractivity contribution is 14.1. The summed E-state index contributed by atoms with van der Waals surface area (Å²) >= 11 is 2.28. The van der Waals surface area contributed by atoms with Gasteiger partial charge < -0.3 is 14.8 Å². The maximum Gasteiger partial charge on any atom is 0.174 e. The summed E-state index contributed by atoms with van der Waals surface area (Å²) in [7, 11) is 0. The highest BCUT2D eigenvalue weighted by Gasteiger charge is 2.37. The molecule has 2 aliphatic rings. The van der Waals surface area contributed by atoms with Crippen LogP contribution in [0.5, 0.6) is 11.5 Å². The highest BCUT2D eigenvalue weighted by Crippen LogP contribution is 2.50. The second-order valence-corrected chi connectivity index (χ2v) is 10.4. The van der Waals surface area contributed by atoms with Crippen LogP contribution in [0.25, 0.3) is 0 Å². The molecule has 0 radical (unpaired) electrons. The van der Waals surface area contributed by atoms with E-state index in [0.717, 1.165) is 32.7 Å². The minimum atomic E-state index is 0.289. The molecule has 0 bridgehead atoms. The number of benzene rings is 3. The Morgan fingerprint density at radius 2 is 1.94 bits per heavy atom. The van der Waals surface area contributed by atoms with Gasteiger partial charge in [-0.3, -0.25) is 4.99 Å². The Balaban J connectivity index is 1.35. The van der Waals surface area contributed by atoms with Crippen molar-refractivity contribution in [1.29, 1.82) is 0 Å². The van der Waals surface area contributed by atoms with Gasteiger partial charge in [-0.05, 0) is 95.8 Å². The van der Waals surface area contributed by atoms with Crippen LogP contribution in [-0.2, 0) is 0 Å². The molecule has 1 aliphatic carbocycles. The minimum Gasteiger partial charge on any atom is -0.490 e. The number of hydrogen-bond acceptors (Lipinski definition) is 4. The maximum atomic E-state index is 5.82. The summed E-state index contributed by atoms with van der Waals surface area (Å²) in [6, 6.07) is 19.7. The number of halogens is 1. The van der Waals surface area contributed by atoms with Crippen LogP contribution in [0.4, 0.5) is 11.4 Å². The molecule has 0 unspecified atom stereocenters. The van der Waals surface area contributed by atoms with Crippen molar-refractivity contribution in [2.75, 3.05) is 18.5 Å². The van der Waals surface area contributed by atoms with E-state index in [1.54, 1.807) is 6.08 Å². The van der Waals surface area contributed by atoms with E-state index in [1.165, 1.54) is 22.4 Å². The quantitative estimate of drug-likeness (QED) is 0.164. The van der Waals surface area contributed by atoms with Gasteiger partial charge in [0.15, 0.2) is 11.5 Å². The summed E-state index contributed by atoms with van der Waals surface area (Å²) in [6.45, 7) is 8.88. The molecule has 3 aromatic carbocycles. The average Bonchev–Trinajstić information content (AvgIpc) is 3.38. The lowest BCUT2D eigenvalue weighted by Crippen LogP contribution is -2.29. The van der Waals surface area contributed by atoms with Crippen molar-refractivity contribution in [2.24, 2.45) is 10.9 Å². The number of ether oxygens (including phenoxy) is 2. The lowest BCUT2D eigenvalue weighted by Gasteiger charge is -2.37. The van der Waals surface area contributed by atoms with Crippen LogP contribution in [-0.4, -0.2) is 19.4 Å². The number of allylic oxidation sites excluding steroid dienone is 2. The zero-order valence-corrected chi connectivity index (χ0v) is 22.9. The SMILES string of the molecule is C=CCOc1c(I)cc(C=Nc2ccc([C@@H]3Nc4ccc(C)cc4[C@H]4C=CC[C@H]43)cc2)cc1OCC. The van der Waals surface area contributed by atoms with Crippen LogP contribution < -0.4 is 14.8 Å². The van der Waals surface area contributed by atoms with E-state index in [2.05, 4.69) is 102 Å². The number of anilines is 1. The molecule has 0 fully saturated rings. The van der Waals surface area contributed by atoms with Gasteiger partial charge in [-0.25, -0.2) is 0 Å². The number of nitrogens with zero attached hydrogens (tertiary/aromatic N) is 1. The van der Waals surface area contributed by atoms with E-state index in [4.69, 9.17) is 14.5 Å². The highest BCUT2D eigenvalue weighted by atomic mass is 127. The molecule has 0 saturated heterocycles. The summed E-state index contributed by atoms with van der Waals surface area (Å²) in [4.78, 5) is 4.74. The summed E-state index contributed by atoms with van der Waals surface area (Å²) in [5, 5.41) is 3.82. The molecule has 1 heterocycles. The summed E-state index contributed by atoms with van der Waals surface area (Å²) in [5.41, 5.74) is 7.19. The molecule has 0 saturated carbocycles. The Labute approximate surface area is 227 Å². The molecule has 0 amide bonds. The zero-order chi connectivity index (χ0) is 25.1. The molecule has 1 aliphatic heterocycles. The lowest BCUT2D eigenvalue weighted by molar-refractivity contribution is 0.295. The van der Waals surface area contributed by atoms with E-state index in [9.17, 15) is 0 Å². The van der Waals surface area contributed by atoms with E-state index in [1.807, 2.05) is 19.2 Å². The maximum absolute atomic E-state index is 5.82. The lowest BCUT2D eigenvalue weighted by atomic mass is 9.76. The molecule has 5 rings (SSSR count). The fourth-order valence-corrected chi connectivity index (χ4v) is 5.95. The number of aryl methyl sites for hydroxylation is 1. The third-order valence-electron chi connectivity index (χ3n) is 6.81. The molecule has 36 heavy (non-hydrogen) atoms. The summed E-state index contributed by atoms with van der Waals surface area (Å²) in [6.07, 6.45) is 9.44. The van der Waals surface area contributed by atoms with Crippen LogP contribution in [0, 0.1) is 16.4 Å². The Kier molecular flexibility index (Phi) is 7.46. The van der Waals surface area contributed by atoms with Crippen molar-refractivity contribution in [1.82, 2.24) is 0 Å². The van der Waals surface area contributed by atoms with Gasteiger partial charge in [0.05, 0.1) is 21.9 Å². The van der Waals surface area contributed by atoms with E-state index in [0.29, 0.717) is 25.0 Å². The Morgan fingerprint density at radius 3 is 2.72 bits per heavy atom. The Hall–Kier alpha value is -3.06. The monoisotopic (exact) mass is 590 g/mol. The first-order chi connectivity index (χ1) is 17.6. The second kappa shape index (κ2) is 10.9. The molecule has 0 aromatic heterocycles. The van der Waals surface area contributed by atoms with E-state index >= 15 is 0 Å². The predicted molar refractivity (Wildman–Crippen MR) is 157 cm³/mol. The minimum absolute atomic E-state index is 0.289. The molecule has 3 aromatic rings. The third-order valence-corrected chi connectivity index (χ3v) is 7.61. The summed E-state index contributed by atoms with van der Waals surface area (Å²) in [5.74, 6) is 2.48. The van der Waals surface area contributed by atoms with Gasteiger partial charge in [-0.15, -0.1) is 0 Å². The van der Waals surface area contributed by atoms with Crippen molar-refractivity contribution < 1.29 is 9.47 Å². The molecule has 3 atom stereocenters. The fourth-order valence-electron chi connectivity index (χ4n) is 5.17. The zero-order valence-electron chi connectivity index (χ0n) is 20.7. The standard InChI is InChI=1S/C31H31IN2O2/c1-4-15-36-31-27(32)17-21(18-29(31)35-5-2)19-33-23-12-10-22(11-13-23)30-25-8-6-7-24(25)26-16-20(3)9-14-28(26)34-30/h4,6-7,9-14,16-19,24-25,30,34H,1,5,8,15H2,2-3H3/t24-,25+,30-/m0/s1. The van der Waals surface area contributed by atoms with Gasteiger partial charge in [0, 0.05) is 17.8 Å². The first-order valence-electron chi connectivity index (χ1n) is 12.4. The van der Waals surface area contributed by atoms with Gasteiger partial charge in [0.25, 0.3) is 0 Å². The van der Waals surface area contributed by atoms with Gasteiger partial charge in [-0.1, -0.05) is 54.6 Å². The van der Waals surface area contributed by atoms with Crippen molar-refractivity contribution in [3.05, 3.63) is 105 Å². The van der Waals surface area contributed by atoms with Crippen LogP contribution in [0.15, 0.2) is 84.4 Å². The predicted octanol–water partition coefficient (Wildman–Crippen LogP) is 8.14. The van der Waals surface area contributed by atoms with E-state index < -0.39 is 0 Å². The van der Waals surface area contributed by atoms with Gasteiger partial charge in [0.2, 0.25) is 0 Å². The van der Waals surface area contributed by atoms with Crippen LogP contribution in [0.2, 0.25) is 0 Å². The number of nitrogens with one attached hydrogen (secondary N) is 1. The Bertz CT molecular complexity index is 1310. The molecule has 0 spiro atoms. The number of aliphatic imine (C=N–C) groups is 1. The largest absolute Gasteiger partial charge is 0.490 e. The number of hydrogen-bond donors (Lipinski definition) is 1. The van der Waals surface area contributed by atoms with Gasteiger partial charge >= 0.3 is 0 Å². The van der Waals surface area contributed by atoms with Crippen LogP contribution in [0.1, 0.15) is 47.6 Å². The van der Waals surface area contributed by atoms with Gasteiger partial charge in [-0.2, -0.15) is 0 Å². The van der Waals surface area contributed by atoms with Crippen molar-refractivity contribution in [3.8, 4) is 11.5 Å².